The smallest absolute Gasteiger partial charge is 0.0724 e. The zero-order valence-electron chi connectivity index (χ0n) is 43.4. The minimum absolute atomic E-state index is 1.11. The van der Waals surface area contributed by atoms with Gasteiger partial charge in [0.2, 0.25) is 0 Å². The van der Waals surface area contributed by atoms with Crippen molar-refractivity contribution in [3.05, 3.63) is 292 Å². The Hall–Kier alpha value is -10.8. The molecule has 0 bridgehead atoms. The highest BCUT2D eigenvalue weighted by Gasteiger charge is 2.23. The van der Waals surface area contributed by atoms with Crippen LogP contribution in [0.2, 0.25) is 0 Å². The van der Waals surface area contributed by atoms with E-state index in [-0.39, 0.29) is 0 Å². The van der Waals surface area contributed by atoms with Gasteiger partial charge in [0.05, 0.1) is 56.5 Å². The third-order valence-electron chi connectivity index (χ3n) is 16.2. The van der Waals surface area contributed by atoms with Gasteiger partial charge >= 0.3 is 0 Å². The Kier molecular flexibility index (Phi) is 10.5. The average molecular weight is 1020 g/mol. The van der Waals surface area contributed by atoms with Gasteiger partial charge in [0, 0.05) is 78.2 Å². The molecule has 0 aliphatic rings. The summed E-state index contributed by atoms with van der Waals surface area (Å²) in [7, 11) is 0. The van der Waals surface area contributed by atoms with Gasteiger partial charge < -0.3 is 18.3 Å². The molecule has 374 valence electrons. The predicted molar refractivity (Wildman–Crippen MR) is 334 cm³/mol. The van der Waals surface area contributed by atoms with E-state index in [1.165, 1.54) is 121 Å². The van der Waals surface area contributed by atoms with Crippen molar-refractivity contribution in [1.29, 1.82) is 0 Å². The van der Waals surface area contributed by atoms with Crippen molar-refractivity contribution >= 4 is 98.0 Å². The maximum atomic E-state index is 4.52. The normalized spacial score (nSPS) is 11.8. The molecule has 0 radical (unpaired) electrons. The van der Waals surface area contributed by atoms with E-state index in [1.54, 1.807) is 0 Å². The van der Waals surface area contributed by atoms with E-state index in [9.17, 15) is 0 Å². The van der Waals surface area contributed by atoms with E-state index < -0.39 is 0 Å². The quantitative estimate of drug-likeness (QED) is 0.167. The van der Waals surface area contributed by atoms with Crippen LogP contribution in [-0.4, -0.2) is 28.2 Å². The molecule has 17 aromatic rings. The van der Waals surface area contributed by atoms with Gasteiger partial charge in [-0.15, -0.1) is 0 Å². The summed E-state index contributed by atoms with van der Waals surface area (Å²) in [6, 6.07) is 95.7. The Balaban J connectivity index is 0.000000133. The molecule has 0 saturated heterocycles. The summed E-state index contributed by atoms with van der Waals surface area (Å²) < 4.78 is 9.46. The number of hydrogen-bond acceptors (Lipinski definition) is 2. The van der Waals surface area contributed by atoms with Crippen molar-refractivity contribution in [1.82, 2.24) is 28.2 Å². The van der Waals surface area contributed by atoms with Crippen molar-refractivity contribution in [3.8, 4) is 45.0 Å². The van der Waals surface area contributed by atoms with Crippen molar-refractivity contribution < 1.29 is 0 Å². The van der Waals surface area contributed by atoms with Crippen molar-refractivity contribution in [3.63, 3.8) is 0 Å². The lowest BCUT2D eigenvalue weighted by Crippen LogP contribution is -1.94. The lowest BCUT2D eigenvalue weighted by Gasteiger charge is -2.11. The topological polar surface area (TPSA) is 45.5 Å². The number of benzene rings is 11. The first-order chi connectivity index (χ1) is 39.8. The SMILES string of the molecule is c1ccc(-n2c3ccccc3c3c(-c4cccc5c4c4ccncc4n5-c4ccccc4)cccc32)cc1.c1ccc(-n2c3cnccc3c3c(-c4cccc5c4c4ccccc4n5-c4ccc5ccccc5c4)cccc32)cc1. The fourth-order valence-corrected chi connectivity index (χ4v) is 12.9. The Bertz CT molecular complexity index is 5080. The molecule has 0 spiro atoms. The van der Waals surface area contributed by atoms with Gasteiger partial charge in [0.15, 0.2) is 0 Å². The lowest BCUT2D eigenvalue weighted by atomic mass is 9.95. The highest BCUT2D eigenvalue weighted by atomic mass is 15.0. The molecule has 6 heterocycles. The third kappa shape index (κ3) is 6.99. The fraction of sp³-hybridized carbons (Fsp3) is 0. The van der Waals surface area contributed by atoms with Crippen LogP contribution in [0.4, 0.5) is 0 Å². The molecule has 0 fully saturated rings. The zero-order valence-corrected chi connectivity index (χ0v) is 43.4. The minimum Gasteiger partial charge on any atom is -0.309 e. The lowest BCUT2D eigenvalue weighted by molar-refractivity contribution is 1.17. The van der Waals surface area contributed by atoms with Gasteiger partial charge in [-0.3, -0.25) is 9.97 Å². The number of rotatable bonds is 6. The number of pyridine rings is 2. The first-order valence-electron chi connectivity index (χ1n) is 27.2. The fourth-order valence-electron chi connectivity index (χ4n) is 12.9. The largest absolute Gasteiger partial charge is 0.309 e. The maximum Gasteiger partial charge on any atom is 0.0724 e. The van der Waals surface area contributed by atoms with E-state index in [4.69, 9.17) is 0 Å². The van der Waals surface area contributed by atoms with E-state index >= 15 is 0 Å². The van der Waals surface area contributed by atoms with Crippen LogP contribution < -0.4 is 0 Å². The summed E-state index contributed by atoms with van der Waals surface area (Å²) in [4.78, 5) is 9.02. The number of hydrogen-bond donors (Lipinski definition) is 0. The van der Waals surface area contributed by atoms with Crippen LogP contribution in [0.3, 0.4) is 0 Å². The van der Waals surface area contributed by atoms with E-state index in [2.05, 4.69) is 295 Å². The molecule has 0 atom stereocenters. The molecule has 11 aromatic carbocycles. The van der Waals surface area contributed by atoms with Crippen LogP contribution >= 0.6 is 0 Å². The number of aromatic nitrogens is 6. The van der Waals surface area contributed by atoms with Gasteiger partial charge in [0.1, 0.15) is 0 Å². The third-order valence-corrected chi connectivity index (χ3v) is 16.2. The highest BCUT2D eigenvalue weighted by Crippen LogP contribution is 2.46. The molecular weight excluding hydrogens is 973 g/mol. The van der Waals surface area contributed by atoms with Crippen LogP contribution in [0.25, 0.3) is 143 Å². The molecule has 6 nitrogen and oxygen atoms in total. The predicted octanol–water partition coefficient (Wildman–Crippen LogP) is 19.0. The first-order valence-corrected chi connectivity index (χ1v) is 27.2. The standard InChI is InChI=1S/C39H25N3.C35H23N3/c1-2-12-28(13-3-1)41-35-18-8-16-31(39(35)33-22-23-40-25-37(33)41)30-15-9-19-36-38(30)32-14-6-7-17-34(32)42(36)29-21-20-26-10-4-5-11-27(26)24-29;1-3-11-24(12-4-1)37-30-18-8-7-15-28(30)34-26(16-9-19-31(34)37)27-17-10-20-32-35(27)29-21-22-36-23-33(29)38(32)25-13-5-2-6-14-25/h1-25H;1-23H. The molecule has 17 rings (SSSR count). The van der Waals surface area contributed by atoms with Gasteiger partial charge in [-0.1, -0.05) is 170 Å². The molecule has 0 aliphatic heterocycles. The van der Waals surface area contributed by atoms with Crippen LogP contribution in [0, 0.1) is 0 Å². The number of nitrogens with zero attached hydrogens (tertiary/aromatic N) is 6. The Morgan fingerprint density at radius 2 is 0.537 bits per heavy atom. The van der Waals surface area contributed by atoms with Crippen LogP contribution in [0.15, 0.2) is 292 Å². The minimum atomic E-state index is 1.11. The molecule has 0 N–H and O–H groups in total. The van der Waals surface area contributed by atoms with Crippen molar-refractivity contribution in [2.45, 2.75) is 0 Å². The Labute approximate surface area is 460 Å². The summed E-state index contributed by atoms with van der Waals surface area (Å²) in [5.41, 5.74) is 18.9. The summed E-state index contributed by atoms with van der Waals surface area (Å²) in [5.74, 6) is 0. The van der Waals surface area contributed by atoms with E-state index in [0.29, 0.717) is 0 Å². The second-order valence-corrected chi connectivity index (χ2v) is 20.5. The number of para-hydroxylation sites is 5. The number of fused-ring (bicyclic) bond motifs is 13. The summed E-state index contributed by atoms with van der Waals surface area (Å²) in [5, 5.41) is 12.4. The van der Waals surface area contributed by atoms with Crippen molar-refractivity contribution in [2.75, 3.05) is 0 Å². The van der Waals surface area contributed by atoms with Gasteiger partial charge in [-0.25, -0.2) is 0 Å². The summed E-state index contributed by atoms with van der Waals surface area (Å²) in [6.07, 6.45) is 7.77. The van der Waals surface area contributed by atoms with Gasteiger partial charge in [-0.2, -0.15) is 0 Å². The van der Waals surface area contributed by atoms with E-state index in [0.717, 1.165) is 22.4 Å². The van der Waals surface area contributed by atoms with Gasteiger partial charge in [0.25, 0.3) is 0 Å². The first kappa shape index (κ1) is 45.4. The van der Waals surface area contributed by atoms with Gasteiger partial charge in [-0.05, 0) is 130 Å². The van der Waals surface area contributed by atoms with Crippen LogP contribution in [-0.2, 0) is 0 Å². The molecule has 0 amide bonds. The second-order valence-electron chi connectivity index (χ2n) is 20.5. The van der Waals surface area contributed by atoms with Crippen LogP contribution in [0.5, 0.6) is 0 Å². The molecule has 0 unspecified atom stereocenters. The maximum absolute atomic E-state index is 4.52. The summed E-state index contributed by atoms with van der Waals surface area (Å²) >= 11 is 0. The molecule has 0 saturated carbocycles. The molecular formula is C74H48N6. The Morgan fingerprint density at radius 3 is 0.963 bits per heavy atom. The Morgan fingerprint density at radius 1 is 0.212 bits per heavy atom. The zero-order chi connectivity index (χ0) is 52.7. The molecule has 6 aromatic heterocycles. The second kappa shape index (κ2) is 18.4. The van der Waals surface area contributed by atoms with E-state index in [1.807, 2.05) is 24.8 Å². The molecule has 6 heteroatoms. The average Bonchev–Trinajstić information content (AvgIpc) is 4.40. The monoisotopic (exact) mass is 1020 g/mol. The van der Waals surface area contributed by atoms with Crippen LogP contribution in [0.1, 0.15) is 0 Å². The molecule has 80 heavy (non-hydrogen) atoms. The highest BCUT2D eigenvalue weighted by molar-refractivity contribution is 6.24. The molecule has 0 aliphatic carbocycles. The van der Waals surface area contributed by atoms with Crippen molar-refractivity contribution in [2.24, 2.45) is 0 Å². The summed E-state index contributed by atoms with van der Waals surface area (Å²) in [6.45, 7) is 0.